The molecule has 3 rings (SSSR count). The number of hydrogen-bond donors (Lipinski definition) is 0. The van der Waals surface area contributed by atoms with Gasteiger partial charge in [0.2, 0.25) is 5.69 Å². The van der Waals surface area contributed by atoms with Crippen molar-refractivity contribution in [3.8, 4) is 16.8 Å². The van der Waals surface area contributed by atoms with Crippen molar-refractivity contribution in [1.29, 1.82) is 0 Å². The lowest BCUT2D eigenvalue weighted by molar-refractivity contribution is -0.595. The Morgan fingerprint density at radius 2 is 1.43 bits per heavy atom. The fourth-order valence-corrected chi connectivity index (χ4v) is 2.20. The lowest BCUT2D eigenvalue weighted by Crippen LogP contribution is -2.29. The third kappa shape index (κ3) is 2.87. The van der Waals surface area contributed by atoms with Gasteiger partial charge in [-0.05, 0) is 42.3 Å². The monoisotopic (exact) mass is 275 g/mol. The first-order valence-electron chi connectivity index (χ1n) is 6.77. The molecule has 0 saturated carbocycles. The standard InChI is InChI=1S/C18H15N2O/c1-14(21)15-2-4-18(5-3-15)20-12-8-17(9-13-20)16-6-10-19-11-7-16/h2-13H,1H3/q+1. The lowest BCUT2D eigenvalue weighted by atomic mass is 10.1. The van der Waals surface area contributed by atoms with Gasteiger partial charge >= 0.3 is 0 Å². The smallest absolute Gasteiger partial charge is 0.210 e. The topological polar surface area (TPSA) is 33.8 Å². The third-order valence-corrected chi connectivity index (χ3v) is 3.42. The van der Waals surface area contributed by atoms with Gasteiger partial charge in [0.25, 0.3) is 0 Å². The minimum Gasteiger partial charge on any atom is -0.295 e. The van der Waals surface area contributed by atoms with E-state index in [4.69, 9.17) is 0 Å². The van der Waals surface area contributed by atoms with Crippen LogP contribution in [0.5, 0.6) is 0 Å². The molecule has 0 aliphatic carbocycles. The molecule has 0 atom stereocenters. The molecular weight excluding hydrogens is 260 g/mol. The van der Waals surface area contributed by atoms with E-state index in [1.165, 1.54) is 0 Å². The van der Waals surface area contributed by atoms with E-state index < -0.39 is 0 Å². The fraction of sp³-hybridized carbons (Fsp3) is 0.0556. The van der Waals surface area contributed by atoms with Gasteiger partial charge in [-0.15, -0.1) is 0 Å². The summed E-state index contributed by atoms with van der Waals surface area (Å²) in [6.07, 6.45) is 7.60. The Bertz CT molecular complexity index is 747. The molecule has 0 spiro atoms. The maximum absolute atomic E-state index is 11.3. The SMILES string of the molecule is CC(=O)c1ccc(-[n+]2ccc(-c3ccncc3)cc2)cc1. The van der Waals surface area contributed by atoms with Crippen LogP contribution in [-0.2, 0) is 0 Å². The Labute approximate surface area is 123 Å². The Hall–Kier alpha value is -2.81. The highest BCUT2D eigenvalue weighted by Gasteiger charge is 2.07. The molecule has 0 N–H and O–H groups in total. The Morgan fingerprint density at radius 1 is 0.857 bits per heavy atom. The Morgan fingerprint density at radius 3 is 2.00 bits per heavy atom. The van der Waals surface area contributed by atoms with Crippen LogP contribution in [0, 0.1) is 0 Å². The summed E-state index contributed by atoms with van der Waals surface area (Å²) in [5.74, 6) is 0.0829. The van der Waals surface area contributed by atoms with Gasteiger partial charge in [0.05, 0.1) is 0 Å². The first-order chi connectivity index (χ1) is 10.2. The van der Waals surface area contributed by atoms with Gasteiger partial charge in [0.15, 0.2) is 18.2 Å². The van der Waals surface area contributed by atoms with Crippen LogP contribution >= 0.6 is 0 Å². The minimum atomic E-state index is 0.0829. The van der Waals surface area contributed by atoms with E-state index in [-0.39, 0.29) is 5.78 Å². The van der Waals surface area contributed by atoms with Gasteiger partial charge in [0.1, 0.15) is 0 Å². The zero-order valence-electron chi connectivity index (χ0n) is 11.7. The number of Topliss-reactive ketones (excluding diaryl/α,β-unsaturated/α-hetero) is 1. The van der Waals surface area contributed by atoms with Gasteiger partial charge in [-0.25, -0.2) is 0 Å². The maximum Gasteiger partial charge on any atom is 0.210 e. The number of aromatic nitrogens is 2. The number of pyridine rings is 2. The average molecular weight is 275 g/mol. The van der Waals surface area contributed by atoms with Crippen LogP contribution in [0.25, 0.3) is 16.8 Å². The first kappa shape index (κ1) is 13.2. The Kier molecular flexibility index (Phi) is 3.56. The second-order valence-electron chi connectivity index (χ2n) is 4.83. The van der Waals surface area contributed by atoms with Crippen molar-refractivity contribution in [2.75, 3.05) is 0 Å². The van der Waals surface area contributed by atoms with E-state index >= 15 is 0 Å². The number of ketones is 1. The molecule has 0 amide bonds. The molecule has 0 radical (unpaired) electrons. The van der Waals surface area contributed by atoms with Crippen molar-refractivity contribution in [2.45, 2.75) is 6.92 Å². The molecule has 0 saturated heterocycles. The number of benzene rings is 1. The number of rotatable bonds is 3. The van der Waals surface area contributed by atoms with Crippen LogP contribution in [0.2, 0.25) is 0 Å². The predicted octanol–water partition coefficient (Wildman–Crippen LogP) is 3.23. The summed E-state index contributed by atoms with van der Waals surface area (Å²) in [6.45, 7) is 1.58. The summed E-state index contributed by atoms with van der Waals surface area (Å²) >= 11 is 0. The normalized spacial score (nSPS) is 10.3. The quantitative estimate of drug-likeness (QED) is 0.543. The zero-order chi connectivity index (χ0) is 14.7. The summed E-state index contributed by atoms with van der Waals surface area (Å²) in [4.78, 5) is 15.3. The molecule has 2 heterocycles. The van der Waals surface area contributed by atoms with Crippen molar-refractivity contribution in [1.82, 2.24) is 4.98 Å². The highest BCUT2D eigenvalue weighted by atomic mass is 16.1. The molecule has 102 valence electrons. The largest absolute Gasteiger partial charge is 0.295 e. The fourth-order valence-electron chi connectivity index (χ4n) is 2.20. The zero-order valence-corrected chi connectivity index (χ0v) is 11.7. The van der Waals surface area contributed by atoms with E-state index in [1.807, 2.05) is 53.4 Å². The van der Waals surface area contributed by atoms with Crippen molar-refractivity contribution in [3.05, 3.63) is 78.9 Å². The molecule has 2 aromatic heterocycles. The molecule has 3 nitrogen and oxygen atoms in total. The molecule has 0 fully saturated rings. The molecule has 0 unspecified atom stereocenters. The van der Waals surface area contributed by atoms with E-state index in [2.05, 4.69) is 17.1 Å². The number of carbonyl (C=O) groups is 1. The van der Waals surface area contributed by atoms with Gasteiger partial charge in [-0.3, -0.25) is 9.78 Å². The van der Waals surface area contributed by atoms with Crippen molar-refractivity contribution in [2.24, 2.45) is 0 Å². The molecule has 1 aromatic carbocycles. The molecule has 3 aromatic rings. The molecule has 3 heteroatoms. The van der Waals surface area contributed by atoms with Crippen molar-refractivity contribution < 1.29 is 9.36 Å². The number of hydrogen-bond acceptors (Lipinski definition) is 2. The third-order valence-electron chi connectivity index (χ3n) is 3.42. The summed E-state index contributed by atoms with van der Waals surface area (Å²) in [5, 5.41) is 0. The van der Waals surface area contributed by atoms with Gasteiger partial charge in [-0.1, -0.05) is 0 Å². The van der Waals surface area contributed by atoms with E-state index in [0.29, 0.717) is 0 Å². The molecule has 21 heavy (non-hydrogen) atoms. The first-order valence-corrected chi connectivity index (χ1v) is 6.77. The summed E-state index contributed by atoms with van der Waals surface area (Å²) in [6, 6.07) is 15.7. The number of nitrogens with zero attached hydrogens (tertiary/aromatic N) is 2. The van der Waals surface area contributed by atoms with Gasteiger partial charge < -0.3 is 0 Å². The van der Waals surface area contributed by atoms with Crippen LogP contribution in [0.3, 0.4) is 0 Å². The van der Waals surface area contributed by atoms with Crippen LogP contribution in [-0.4, -0.2) is 10.8 Å². The molecule has 0 aliphatic rings. The van der Waals surface area contributed by atoms with Gasteiger partial charge in [0, 0.05) is 42.2 Å². The molecule has 0 bridgehead atoms. The van der Waals surface area contributed by atoms with Crippen LogP contribution in [0.4, 0.5) is 0 Å². The second-order valence-corrected chi connectivity index (χ2v) is 4.83. The summed E-state index contributed by atoms with van der Waals surface area (Å²) in [7, 11) is 0. The molecule has 0 aliphatic heterocycles. The molecular formula is C18H15N2O+. The van der Waals surface area contributed by atoms with Crippen molar-refractivity contribution in [3.63, 3.8) is 0 Å². The highest BCUT2D eigenvalue weighted by Crippen LogP contribution is 2.16. The van der Waals surface area contributed by atoms with Gasteiger partial charge in [-0.2, -0.15) is 4.57 Å². The average Bonchev–Trinajstić information content (AvgIpc) is 2.56. The maximum atomic E-state index is 11.3. The van der Waals surface area contributed by atoms with Crippen LogP contribution in [0.1, 0.15) is 17.3 Å². The van der Waals surface area contributed by atoms with E-state index in [1.54, 1.807) is 19.3 Å². The van der Waals surface area contributed by atoms with Crippen LogP contribution in [0.15, 0.2) is 73.3 Å². The van der Waals surface area contributed by atoms with Crippen molar-refractivity contribution >= 4 is 5.78 Å². The highest BCUT2D eigenvalue weighted by molar-refractivity contribution is 5.94. The van der Waals surface area contributed by atoms with E-state index in [0.717, 1.165) is 22.4 Å². The minimum absolute atomic E-state index is 0.0829. The summed E-state index contributed by atoms with van der Waals surface area (Å²) in [5.41, 5.74) is 4.05. The predicted molar refractivity (Wildman–Crippen MR) is 81.2 cm³/mol. The number of carbonyl (C=O) groups excluding carboxylic acids is 1. The van der Waals surface area contributed by atoms with Crippen LogP contribution < -0.4 is 4.57 Å². The summed E-state index contributed by atoms with van der Waals surface area (Å²) < 4.78 is 2.02. The second kappa shape index (κ2) is 5.67. The van der Waals surface area contributed by atoms with E-state index in [9.17, 15) is 4.79 Å². The lowest BCUT2D eigenvalue weighted by Gasteiger charge is -2.01. The Balaban J connectivity index is 1.89.